The fourth-order valence-electron chi connectivity index (χ4n) is 2.96. The monoisotopic (exact) mass is 275 g/mol. The average Bonchev–Trinajstić information content (AvgIpc) is 2.48. The van der Waals surface area contributed by atoms with Crippen molar-refractivity contribution < 1.29 is 4.79 Å². The third-order valence-electron chi connectivity index (χ3n) is 4.02. The molecule has 20 heavy (non-hydrogen) atoms. The Morgan fingerprint density at radius 1 is 1.40 bits per heavy atom. The molecule has 1 aromatic heterocycles. The van der Waals surface area contributed by atoms with E-state index in [9.17, 15) is 4.79 Å². The molecular formula is C16H25N3O. The van der Waals surface area contributed by atoms with Crippen LogP contribution < -0.4 is 5.32 Å². The minimum Gasteiger partial charge on any atom is -0.383 e. The number of hydrogen-bond donors (Lipinski definition) is 1. The van der Waals surface area contributed by atoms with Crippen molar-refractivity contribution >= 4 is 11.6 Å². The lowest BCUT2D eigenvalue weighted by Crippen LogP contribution is -2.33. The minimum absolute atomic E-state index is 0.0916. The van der Waals surface area contributed by atoms with Crippen molar-refractivity contribution in [3.63, 3.8) is 0 Å². The molecule has 1 heterocycles. The second kappa shape index (κ2) is 7.27. The summed E-state index contributed by atoms with van der Waals surface area (Å²) in [5.74, 6) is 0.760. The van der Waals surface area contributed by atoms with Gasteiger partial charge in [0.2, 0.25) is 0 Å². The van der Waals surface area contributed by atoms with Crippen LogP contribution in [0.1, 0.15) is 49.4 Å². The summed E-state index contributed by atoms with van der Waals surface area (Å²) in [6.07, 6.45) is 9.90. The zero-order chi connectivity index (χ0) is 14.4. The molecule has 1 aliphatic carbocycles. The third kappa shape index (κ3) is 3.71. The van der Waals surface area contributed by atoms with Crippen LogP contribution in [0.4, 0.5) is 5.69 Å². The fourth-order valence-corrected chi connectivity index (χ4v) is 2.96. The highest BCUT2D eigenvalue weighted by atomic mass is 16.2. The Morgan fingerprint density at radius 3 is 2.85 bits per heavy atom. The van der Waals surface area contributed by atoms with E-state index < -0.39 is 0 Å². The maximum Gasteiger partial charge on any atom is 0.255 e. The van der Waals surface area contributed by atoms with Crippen LogP contribution >= 0.6 is 0 Å². The maximum atomic E-state index is 12.6. The molecule has 0 radical (unpaired) electrons. The normalized spacial score (nSPS) is 15.9. The van der Waals surface area contributed by atoms with Gasteiger partial charge in [-0.15, -0.1) is 0 Å². The van der Waals surface area contributed by atoms with Gasteiger partial charge >= 0.3 is 0 Å². The number of amides is 1. The van der Waals surface area contributed by atoms with Crippen LogP contribution in [-0.4, -0.2) is 35.9 Å². The topological polar surface area (TPSA) is 45.2 Å². The van der Waals surface area contributed by atoms with Crippen molar-refractivity contribution in [3.8, 4) is 0 Å². The molecule has 4 nitrogen and oxygen atoms in total. The molecular weight excluding hydrogens is 250 g/mol. The Bertz CT molecular complexity index is 441. The number of carbonyl (C=O) groups excluding carboxylic acids is 1. The molecule has 2 rings (SSSR count). The van der Waals surface area contributed by atoms with Crippen LogP contribution in [0.25, 0.3) is 0 Å². The quantitative estimate of drug-likeness (QED) is 0.897. The largest absolute Gasteiger partial charge is 0.383 e. The summed E-state index contributed by atoms with van der Waals surface area (Å²) in [6, 6.07) is 1.80. The maximum absolute atomic E-state index is 12.6. The van der Waals surface area contributed by atoms with Gasteiger partial charge in [-0.05, 0) is 31.7 Å². The first-order chi connectivity index (χ1) is 9.72. The number of pyridine rings is 1. The summed E-state index contributed by atoms with van der Waals surface area (Å²) in [5.41, 5.74) is 1.55. The van der Waals surface area contributed by atoms with E-state index in [1.165, 1.54) is 32.1 Å². The van der Waals surface area contributed by atoms with Crippen molar-refractivity contribution in [1.82, 2.24) is 9.88 Å². The first-order valence-electron chi connectivity index (χ1n) is 7.65. The van der Waals surface area contributed by atoms with Crippen molar-refractivity contribution in [2.45, 2.75) is 39.0 Å². The summed E-state index contributed by atoms with van der Waals surface area (Å²) in [5, 5.41) is 3.21. The van der Waals surface area contributed by atoms with Gasteiger partial charge in [-0.3, -0.25) is 9.78 Å². The molecule has 1 fully saturated rings. The fraction of sp³-hybridized carbons (Fsp3) is 0.625. The summed E-state index contributed by atoms with van der Waals surface area (Å²) < 4.78 is 0. The number of hydrogen-bond acceptors (Lipinski definition) is 3. The van der Waals surface area contributed by atoms with Gasteiger partial charge < -0.3 is 10.2 Å². The highest BCUT2D eigenvalue weighted by Crippen LogP contribution is 2.25. The van der Waals surface area contributed by atoms with Crippen molar-refractivity contribution in [3.05, 3.63) is 24.0 Å². The Labute approximate surface area is 121 Å². The zero-order valence-electron chi connectivity index (χ0n) is 12.6. The van der Waals surface area contributed by atoms with Crippen LogP contribution in [0.2, 0.25) is 0 Å². The van der Waals surface area contributed by atoms with Gasteiger partial charge in [0, 0.05) is 26.3 Å². The van der Waals surface area contributed by atoms with Gasteiger partial charge in [-0.2, -0.15) is 0 Å². The van der Waals surface area contributed by atoms with Crippen LogP contribution in [0.5, 0.6) is 0 Å². The van der Waals surface area contributed by atoms with E-state index in [1.54, 1.807) is 18.5 Å². The zero-order valence-corrected chi connectivity index (χ0v) is 12.6. The molecule has 0 atom stereocenters. The Morgan fingerprint density at radius 2 is 2.15 bits per heavy atom. The highest BCUT2D eigenvalue weighted by Gasteiger charge is 2.20. The van der Waals surface area contributed by atoms with Gasteiger partial charge in [0.25, 0.3) is 5.91 Å². The third-order valence-corrected chi connectivity index (χ3v) is 4.02. The molecule has 0 bridgehead atoms. The summed E-state index contributed by atoms with van der Waals surface area (Å²) in [4.78, 5) is 18.5. The first-order valence-corrected chi connectivity index (χ1v) is 7.65. The van der Waals surface area contributed by atoms with Crippen LogP contribution in [-0.2, 0) is 0 Å². The number of nitrogens with zero attached hydrogens (tertiary/aromatic N) is 2. The number of rotatable bonds is 5. The molecule has 1 saturated carbocycles. The molecule has 1 aromatic rings. The smallest absolute Gasteiger partial charge is 0.255 e. The molecule has 4 heteroatoms. The van der Waals surface area contributed by atoms with Crippen molar-refractivity contribution in [2.75, 3.05) is 25.5 Å². The second-order valence-corrected chi connectivity index (χ2v) is 5.64. The van der Waals surface area contributed by atoms with Crippen molar-refractivity contribution in [1.29, 1.82) is 0 Å². The van der Waals surface area contributed by atoms with E-state index in [4.69, 9.17) is 0 Å². The van der Waals surface area contributed by atoms with E-state index in [0.717, 1.165) is 24.3 Å². The molecule has 1 aliphatic rings. The summed E-state index contributed by atoms with van der Waals surface area (Å²) in [6.45, 7) is 3.68. The van der Waals surface area contributed by atoms with E-state index in [2.05, 4.69) is 10.3 Å². The van der Waals surface area contributed by atoms with Crippen LogP contribution in [0.3, 0.4) is 0 Å². The van der Waals surface area contributed by atoms with Crippen LogP contribution in [0, 0.1) is 5.92 Å². The lowest BCUT2D eigenvalue weighted by molar-refractivity contribution is 0.0761. The summed E-state index contributed by atoms with van der Waals surface area (Å²) >= 11 is 0. The number of aromatic nitrogens is 1. The van der Waals surface area contributed by atoms with E-state index in [1.807, 2.05) is 18.9 Å². The molecule has 110 valence electrons. The lowest BCUT2D eigenvalue weighted by atomic mass is 9.89. The molecule has 0 saturated heterocycles. The molecule has 1 amide bonds. The lowest BCUT2D eigenvalue weighted by Gasteiger charge is -2.27. The first kappa shape index (κ1) is 14.8. The average molecular weight is 275 g/mol. The number of anilines is 1. The molecule has 0 spiro atoms. The van der Waals surface area contributed by atoms with Gasteiger partial charge in [0.05, 0.1) is 17.4 Å². The predicted molar refractivity (Wildman–Crippen MR) is 81.9 cm³/mol. The minimum atomic E-state index is 0.0916. The predicted octanol–water partition coefficient (Wildman–Crippen LogP) is 3.17. The molecule has 0 aromatic carbocycles. The van der Waals surface area contributed by atoms with Crippen molar-refractivity contribution in [2.24, 2.45) is 5.92 Å². The molecule has 0 aliphatic heterocycles. The van der Waals surface area contributed by atoms with Gasteiger partial charge in [0.1, 0.15) is 0 Å². The second-order valence-electron chi connectivity index (χ2n) is 5.64. The molecule has 0 unspecified atom stereocenters. The Kier molecular flexibility index (Phi) is 5.39. The SMILES string of the molecule is CCNc1cnccc1C(=O)N(C)CC1CCCCC1. The standard InChI is InChI=1S/C16H25N3O/c1-3-18-15-11-17-10-9-14(15)16(20)19(2)12-13-7-5-4-6-8-13/h9-11,13,18H,3-8,12H2,1-2H3. The van der Waals surface area contributed by atoms with E-state index >= 15 is 0 Å². The van der Waals surface area contributed by atoms with E-state index in [0.29, 0.717) is 5.92 Å². The number of nitrogens with one attached hydrogen (secondary N) is 1. The van der Waals surface area contributed by atoms with Gasteiger partial charge in [-0.25, -0.2) is 0 Å². The van der Waals surface area contributed by atoms with Crippen LogP contribution in [0.15, 0.2) is 18.5 Å². The van der Waals surface area contributed by atoms with E-state index in [-0.39, 0.29) is 5.91 Å². The van der Waals surface area contributed by atoms with Gasteiger partial charge in [0.15, 0.2) is 0 Å². The molecule has 1 N–H and O–H groups in total. The Balaban J connectivity index is 2.02. The van der Waals surface area contributed by atoms with Gasteiger partial charge in [-0.1, -0.05) is 19.3 Å². The highest BCUT2D eigenvalue weighted by molar-refractivity contribution is 5.99. The summed E-state index contributed by atoms with van der Waals surface area (Å²) in [7, 11) is 1.91. The number of carbonyl (C=O) groups is 1. The Hall–Kier alpha value is -1.58.